The molecule has 0 aromatic carbocycles. The van der Waals surface area contributed by atoms with E-state index in [-0.39, 0.29) is 5.60 Å². The minimum Gasteiger partial charge on any atom is -0.380 e. The monoisotopic (exact) mass is 297 g/mol. The van der Waals surface area contributed by atoms with Gasteiger partial charge in [-0.25, -0.2) is 0 Å². The van der Waals surface area contributed by atoms with E-state index < -0.39 is 0 Å². The minimum absolute atomic E-state index is 0.194. The van der Waals surface area contributed by atoms with E-state index in [4.69, 9.17) is 9.47 Å². The second-order valence-corrected chi connectivity index (χ2v) is 7.01. The molecule has 1 saturated heterocycles. The first-order chi connectivity index (χ1) is 10.2. The first-order valence-electron chi connectivity index (χ1n) is 9.15. The highest BCUT2D eigenvalue weighted by molar-refractivity contribution is 4.95. The first-order valence-corrected chi connectivity index (χ1v) is 9.15. The number of hydrogen-bond acceptors (Lipinski definition) is 3. The van der Waals surface area contributed by atoms with Crippen molar-refractivity contribution in [2.75, 3.05) is 20.3 Å². The van der Waals surface area contributed by atoms with E-state index in [1.165, 1.54) is 51.4 Å². The van der Waals surface area contributed by atoms with Crippen molar-refractivity contribution in [3.05, 3.63) is 0 Å². The summed E-state index contributed by atoms with van der Waals surface area (Å²) in [4.78, 5) is 0. The number of nitrogens with one attached hydrogen (secondary N) is 1. The maximum atomic E-state index is 6.27. The lowest BCUT2D eigenvalue weighted by molar-refractivity contribution is -0.128. The third-order valence-corrected chi connectivity index (χ3v) is 5.54. The van der Waals surface area contributed by atoms with Crippen LogP contribution in [0.3, 0.4) is 0 Å². The minimum atomic E-state index is 0.194. The summed E-state index contributed by atoms with van der Waals surface area (Å²) in [5.41, 5.74) is 0.194. The highest BCUT2D eigenvalue weighted by Crippen LogP contribution is 2.42. The lowest BCUT2D eigenvalue weighted by Crippen LogP contribution is -2.52. The van der Waals surface area contributed by atoms with Crippen LogP contribution in [0.1, 0.15) is 71.6 Å². The number of rotatable bonds is 7. The number of methoxy groups -OCH3 is 1. The zero-order chi connectivity index (χ0) is 15.1. The summed E-state index contributed by atoms with van der Waals surface area (Å²) in [6.07, 6.45) is 11.7. The van der Waals surface area contributed by atoms with Crippen LogP contribution in [0, 0.1) is 5.92 Å². The van der Waals surface area contributed by atoms with E-state index in [1.807, 2.05) is 7.11 Å². The molecule has 21 heavy (non-hydrogen) atoms. The van der Waals surface area contributed by atoms with Crippen molar-refractivity contribution < 1.29 is 9.47 Å². The third kappa shape index (κ3) is 4.43. The van der Waals surface area contributed by atoms with Gasteiger partial charge in [-0.1, -0.05) is 33.1 Å². The molecule has 3 unspecified atom stereocenters. The van der Waals surface area contributed by atoms with Gasteiger partial charge in [0.15, 0.2) is 0 Å². The van der Waals surface area contributed by atoms with Gasteiger partial charge in [0.05, 0.1) is 11.7 Å². The van der Waals surface area contributed by atoms with Crippen LogP contribution in [0.2, 0.25) is 0 Å². The smallest absolute Gasteiger partial charge is 0.0724 e. The van der Waals surface area contributed by atoms with Gasteiger partial charge >= 0.3 is 0 Å². The molecule has 0 aromatic heterocycles. The summed E-state index contributed by atoms with van der Waals surface area (Å²) in [5, 5.41) is 3.78. The molecule has 2 aliphatic rings. The molecule has 3 heteroatoms. The fourth-order valence-corrected chi connectivity index (χ4v) is 4.40. The van der Waals surface area contributed by atoms with Crippen LogP contribution in [0.4, 0.5) is 0 Å². The van der Waals surface area contributed by atoms with Gasteiger partial charge in [-0.15, -0.1) is 0 Å². The third-order valence-electron chi connectivity index (χ3n) is 5.54. The standard InChI is InChI=1S/C18H35NO2/c1-4-12-19-17(16(5-2)20-3)15-9-13-21-18(14-15)10-7-6-8-11-18/h15-17,19H,4-14H2,1-3H3. The van der Waals surface area contributed by atoms with E-state index >= 15 is 0 Å². The molecule has 2 rings (SSSR count). The van der Waals surface area contributed by atoms with Crippen LogP contribution in [0.25, 0.3) is 0 Å². The van der Waals surface area contributed by atoms with Crippen molar-refractivity contribution in [3.63, 3.8) is 0 Å². The molecular weight excluding hydrogens is 262 g/mol. The summed E-state index contributed by atoms with van der Waals surface area (Å²) < 4.78 is 12.1. The lowest BCUT2D eigenvalue weighted by atomic mass is 9.73. The zero-order valence-electron chi connectivity index (χ0n) is 14.3. The molecule has 124 valence electrons. The van der Waals surface area contributed by atoms with Crippen molar-refractivity contribution in [1.82, 2.24) is 5.32 Å². The first kappa shape index (κ1) is 17.2. The largest absolute Gasteiger partial charge is 0.380 e. The van der Waals surface area contributed by atoms with Gasteiger partial charge in [0.1, 0.15) is 0 Å². The summed E-state index contributed by atoms with van der Waals surface area (Å²) in [5.74, 6) is 0.702. The van der Waals surface area contributed by atoms with E-state index in [2.05, 4.69) is 19.2 Å². The van der Waals surface area contributed by atoms with Crippen molar-refractivity contribution in [1.29, 1.82) is 0 Å². The molecule has 0 radical (unpaired) electrons. The highest BCUT2D eigenvalue weighted by atomic mass is 16.5. The molecule has 0 aromatic rings. The highest BCUT2D eigenvalue weighted by Gasteiger charge is 2.42. The summed E-state index contributed by atoms with van der Waals surface area (Å²) in [6, 6.07) is 0.489. The van der Waals surface area contributed by atoms with Gasteiger partial charge in [0, 0.05) is 19.8 Å². The maximum Gasteiger partial charge on any atom is 0.0724 e. The summed E-state index contributed by atoms with van der Waals surface area (Å²) >= 11 is 0. The number of ether oxygens (including phenoxy) is 2. The van der Waals surface area contributed by atoms with Crippen molar-refractivity contribution >= 4 is 0 Å². The quantitative estimate of drug-likeness (QED) is 0.773. The van der Waals surface area contributed by atoms with Gasteiger partial charge in [-0.3, -0.25) is 0 Å². The Balaban J connectivity index is 2.03. The van der Waals surface area contributed by atoms with Gasteiger partial charge in [0.25, 0.3) is 0 Å². The zero-order valence-corrected chi connectivity index (χ0v) is 14.3. The molecule has 3 nitrogen and oxygen atoms in total. The molecule has 1 saturated carbocycles. The summed E-state index contributed by atoms with van der Waals surface area (Å²) in [6.45, 7) is 6.51. The molecule has 0 bridgehead atoms. The Bertz CT molecular complexity index is 279. The van der Waals surface area contributed by atoms with Crippen molar-refractivity contribution in [2.24, 2.45) is 5.92 Å². The van der Waals surface area contributed by atoms with E-state index in [1.54, 1.807) is 0 Å². The van der Waals surface area contributed by atoms with Crippen LogP contribution in [-0.4, -0.2) is 38.0 Å². The lowest BCUT2D eigenvalue weighted by Gasteiger charge is -2.46. The Morgan fingerprint density at radius 3 is 2.62 bits per heavy atom. The van der Waals surface area contributed by atoms with Crippen LogP contribution >= 0.6 is 0 Å². The SMILES string of the molecule is CCCNC(C1CCOC2(CCCCC2)C1)C(CC)OC. The van der Waals surface area contributed by atoms with Gasteiger partial charge < -0.3 is 14.8 Å². The molecule has 3 atom stereocenters. The van der Waals surface area contributed by atoms with Gasteiger partial charge in [0.2, 0.25) is 0 Å². The van der Waals surface area contributed by atoms with Gasteiger partial charge in [-0.2, -0.15) is 0 Å². The van der Waals surface area contributed by atoms with Crippen LogP contribution in [0.5, 0.6) is 0 Å². The molecule has 1 aliphatic carbocycles. The topological polar surface area (TPSA) is 30.5 Å². The number of hydrogen-bond donors (Lipinski definition) is 1. The normalized spacial score (nSPS) is 28.4. The Hall–Kier alpha value is -0.120. The van der Waals surface area contributed by atoms with Crippen LogP contribution < -0.4 is 5.32 Å². The average molecular weight is 297 g/mol. The Labute approximate surface area is 131 Å². The Morgan fingerprint density at radius 1 is 1.24 bits per heavy atom. The molecule has 1 N–H and O–H groups in total. The second kappa shape index (κ2) is 8.50. The van der Waals surface area contributed by atoms with E-state index in [9.17, 15) is 0 Å². The van der Waals surface area contributed by atoms with Gasteiger partial charge in [-0.05, 0) is 51.0 Å². The predicted octanol–water partition coefficient (Wildman–Crippen LogP) is 3.91. The molecule has 0 amide bonds. The fourth-order valence-electron chi connectivity index (χ4n) is 4.40. The molecule has 2 fully saturated rings. The van der Waals surface area contributed by atoms with Crippen LogP contribution in [0.15, 0.2) is 0 Å². The maximum absolute atomic E-state index is 6.27. The fraction of sp³-hybridized carbons (Fsp3) is 1.00. The van der Waals surface area contributed by atoms with Crippen LogP contribution in [-0.2, 0) is 9.47 Å². The molecular formula is C18H35NO2. The van der Waals surface area contributed by atoms with E-state index in [0.29, 0.717) is 18.1 Å². The second-order valence-electron chi connectivity index (χ2n) is 7.01. The molecule has 1 spiro atoms. The average Bonchev–Trinajstić information content (AvgIpc) is 2.52. The Kier molecular flexibility index (Phi) is 6.97. The van der Waals surface area contributed by atoms with Crippen molar-refractivity contribution in [2.45, 2.75) is 89.4 Å². The Morgan fingerprint density at radius 2 is 2.00 bits per heavy atom. The molecule has 1 aliphatic heterocycles. The van der Waals surface area contributed by atoms with Crippen molar-refractivity contribution in [3.8, 4) is 0 Å². The van der Waals surface area contributed by atoms with E-state index in [0.717, 1.165) is 19.6 Å². The molecule has 1 heterocycles. The predicted molar refractivity (Wildman–Crippen MR) is 87.7 cm³/mol. The summed E-state index contributed by atoms with van der Waals surface area (Å²) in [7, 11) is 1.87.